The molecule has 0 aliphatic carbocycles. The van der Waals surface area contributed by atoms with Crippen molar-refractivity contribution in [1.82, 2.24) is 9.78 Å². The fraction of sp³-hybridized carbons (Fsp3) is 0.238. The zero-order valence-electron chi connectivity index (χ0n) is 17.4. The number of benzene rings is 1. The fourth-order valence-corrected chi connectivity index (χ4v) is 3.97. The van der Waals surface area contributed by atoms with Crippen LogP contribution in [0.15, 0.2) is 42.9 Å². The Morgan fingerprint density at radius 2 is 2.03 bits per heavy atom. The summed E-state index contributed by atoms with van der Waals surface area (Å²) in [4.78, 5) is 27.2. The van der Waals surface area contributed by atoms with Crippen molar-refractivity contribution in [2.24, 2.45) is 0 Å². The third-order valence-electron chi connectivity index (χ3n) is 5.17. The summed E-state index contributed by atoms with van der Waals surface area (Å²) in [5.41, 5.74) is 0.00880. The first kappa shape index (κ1) is 22.6. The summed E-state index contributed by atoms with van der Waals surface area (Å²) in [5, 5.41) is 17.9. The molecule has 2 aromatic heterocycles. The average Bonchev–Trinajstić information content (AvgIpc) is 3.13. The number of carbonyl (C=O) groups is 2. The van der Waals surface area contributed by atoms with E-state index in [1.165, 1.54) is 34.1 Å². The average molecular weight is 480 g/mol. The van der Waals surface area contributed by atoms with Crippen molar-refractivity contribution in [2.75, 3.05) is 16.8 Å². The number of carbonyl (C=O) groups excluding carboxylic acids is 2. The maximum Gasteiger partial charge on any atom is 0.417 e. The van der Waals surface area contributed by atoms with Gasteiger partial charge in [-0.2, -0.15) is 23.0 Å². The Balaban J connectivity index is 1.66. The molecule has 2 amide bonds. The molecule has 8 nitrogen and oxygen atoms in total. The lowest BCUT2D eigenvalue weighted by Gasteiger charge is -2.32. The Labute approximate surface area is 190 Å². The first-order valence-corrected chi connectivity index (χ1v) is 10.1. The summed E-state index contributed by atoms with van der Waals surface area (Å²) in [5.74, 6) is -1.19. The third kappa shape index (κ3) is 4.23. The second-order valence-electron chi connectivity index (χ2n) is 7.69. The summed E-state index contributed by atoms with van der Waals surface area (Å²) in [6.07, 6.45) is -0.912. The van der Waals surface area contributed by atoms with Crippen molar-refractivity contribution in [3.8, 4) is 0 Å². The number of hydrogen-bond donors (Lipinski definition) is 1. The topological polar surface area (TPSA) is 94.2 Å². The zero-order chi connectivity index (χ0) is 24.1. The fourth-order valence-electron chi connectivity index (χ4n) is 3.69. The minimum absolute atomic E-state index is 0.0563. The van der Waals surface area contributed by atoms with Crippen LogP contribution in [0.2, 0.25) is 5.02 Å². The van der Waals surface area contributed by atoms with Crippen LogP contribution in [-0.4, -0.2) is 28.1 Å². The molecular weight excluding hydrogens is 463 g/mol. The monoisotopic (exact) mass is 479 g/mol. The molecule has 1 aliphatic rings. The first-order valence-electron chi connectivity index (χ1n) is 9.73. The van der Waals surface area contributed by atoms with Crippen LogP contribution < -0.4 is 14.9 Å². The van der Waals surface area contributed by atoms with Gasteiger partial charge in [0.1, 0.15) is 5.56 Å². The summed E-state index contributed by atoms with van der Waals surface area (Å²) >= 11 is 5.83. The SMILES string of the molecule is Cc1cc(C(=O)Nc2cnn3c2C(=O)N(c2ccc(C(F)(F)F)c(Cl)c2)C[C@@H]3C)c[n+]([O-])c1. The molecule has 4 rings (SSSR count). The zero-order valence-corrected chi connectivity index (χ0v) is 18.1. The Kier molecular flexibility index (Phi) is 5.52. The van der Waals surface area contributed by atoms with Gasteiger partial charge in [0.05, 0.1) is 28.5 Å². The van der Waals surface area contributed by atoms with E-state index in [0.29, 0.717) is 10.3 Å². The van der Waals surface area contributed by atoms with Gasteiger partial charge in [0.15, 0.2) is 18.1 Å². The van der Waals surface area contributed by atoms with Crippen LogP contribution in [0.4, 0.5) is 24.5 Å². The molecule has 0 saturated heterocycles. The molecule has 0 radical (unpaired) electrons. The van der Waals surface area contributed by atoms with E-state index in [1.807, 2.05) is 0 Å². The number of alkyl halides is 3. The van der Waals surface area contributed by atoms with E-state index < -0.39 is 28.6 Å². The number of aromatic nitrogens is 3. The highest BCUT2D eigenvalue weighted by Crippen LogP contribution is 2.38. The van der Waals surface area contributed by atoms with E-state index in [0.717, 1.165) is 18.3 Å². The van der Waals surface area contributed by atoms with Crippen molar-refractivity contribution in [3.05, 3.63) is 75.5 Å². The molecule has 1 atom stereocenters. The van der Waals surface area contributed by atoms with Crippen LogP contribution in [0.5, 0.6) is 0 Å². The number of hydrogen-bond acceptors (Lipinski definition) is 4. The summed E-state index contributed by atoms with van der Waals surface area (Å²) in [6, 6.07) is 4.25. The molecule has 0 spiro atoms. The van der Waals surface area contributed by atoms with Crippen molar-refractivity contribution >= 4 is 34.8 Å². The molecule has 1 aliphatic heterocycles. The van der Waals surface area contributed by atoms with Gasteiger partial charge < -0.3 is 15.4 Å². The molecule has 3 aromatic rings. The van der Waals surface area contributed by atoms with E-state index in [2.05, 4.69) is 10.4 Å². The van der Waals surface area contributed by atoms with Crippen molar-refractivity contribution in [2.45, 2.75) is 26.1 Å². The lowest BCUT2D eigenvalue weighted by molar-refractivity contribution is -0.605. The summed E-state index contributed by atoms with van der Waals surface area (Å²) in [6.45, 7) is 3.57. The molecule has 0 bridgehead atoms. The van der Waals surface area contributed by atoms with Crippen LogP contribution in [0, 0.1) is 12.1 Å². The number of pyridine rings is 1. The van der Waals surface area contributed by atoms with Gasteiger partial charge in [-0.15, -0.1) is 0 Å². The number of amides is 2. The van der Waals surface area contributed by atoms with Gasteiger partial charge in [0.2, 0.25) is 0 Å². The normalized spacial score (nSPS) is 16.0. The molecule has 1 N–H and O–H groups in total. The predicted octanol–water partition coefficient (Wildman–Crippen LogP) is 3.97. The minimum Gasteiger partial charge on any atom is -0.619 e. The maximum absolute atomic E-state index is 13.3. The lowest BCUT2D eigenvalue weighted by Crippen LogP contribution is -2.43. The maximum atomic E-state index is 13.3. The highest BCUT2D eigenvalue weighted by molar-refractivity contribution is 6.31. The predicted molar refractivity (Wildman–Crippen MR) is 113 cm³/mol. The number of nitrogens with one attached hydrogen (secondary N) is 1. The smallest absolute Gasteiger partial charge is 0.417 e. The Hall–Kier alpha value is -3.60. The Morgan fingerprint density at radius 3 is 2.67 bits per heavy atom. The molecule has 33 heavy (non-hydrogen) atoms. The van der Waals surface area contributed by atoms with Crippen LogP contribution in [0.1, 0.15) is 44.9 Å². The second kappa shape index (κ2) is 8.07. The molecule has 0 unspecified atom stereocenters. The summed E-state index contributed by atoms with van der Waals surface area (Å²) < 4.78 is 41.1. The largest absolute Gasteiger partial charge is 0.619 e. The number of fused-ring (bicyclic) bond motifs is 1. The Morgan fingerprint density at radius 1 is 1.30 bits per heavy atom. The molecule has 172 valence electrons. The van der Waals surface area contributed by atoms with Crippen LogP contribution in [0.25, 0.3) is 0 Å². The van der Waals surface area contributed by atoms with Crippen LogP contribution in [0.3, 0.4) is 0 Å². The Bertz CT molecular complexity index is 1250. The molecule has 12 heteroatoms. The third-order valence-corrected chi connectivity index (χ3v) is 5.48. The van der Waals surface area contributed by atoms with E-state index in [-0.39, 0.29) is 35.2 Å². The summed E-state index contributed by atoms with van der Waals surface area (Å²) in [7, 11) is 0. The number of aryl methyl sites for hydroxylation is 1. The van der Waals surface area contributed by atoms with Gasteiger partial charge in [0.25, 0.3) is 11.8 Å². The van der Waals surface area contributed by atoms with Crippen LogP contribution in [-0.2, 0) is 6.18 Å². The van der Waals surface area contributed by atoms with E-state index >= 15 is 0 Å². The number of anilines is 2. The first-order chi connectivity index (χ1) is 15.5. The van der Waals surface area contributed by atoms with Gasteiger partial charge in [-0.3, -0.25) is 14.3 Å². The van der Waals surface area contributed by atoms with E-state index in [4.69, 9.17) is 11.6 Å². The van der Waals surface area contributed by atoms with Crippen LogP contribution >= 0.6 is 11.6 Å². The lowest BCUT2D eigenvalue weighted by atomic mass is 10.1. The minimum atomic E-state index is -4.62. The van der Waals surface area contributed by atoms with Gasteiger partial charge in [-0.05, 0) is 38.1 Å². The van der Waals surface area contributed by atoms with E-state index in [1.54, 1.807) is 13.8 Å². The highest BCUT2D eigenvalue weighted by atomic mass is 35.5. The molecule has 1 aromatic carbocycles. The van der Waals surface area contributed by atoms with Crippen molar-refractivity contribution in [3.63, 3.8) is 0 Å². The molecule has 3 heterocycles. The number of rotatable bonds is 3. The molecule has 0 fully saturated rings. The number of nitrogens with zero attached hydrogens (tertiary/aromatic N) is 4. The van der Waals surface area contributed by atoms with Gasteiger partial charge in [-0.25, -0.2) is 0 Å². The van der Waals surface area contributed by atoms with Gasteiger partial charge >= 0.3 is 6.18 Å². The molecule has 0 saturated carbocycles. The second-order valence-corrected chi connectivity index (χ2v) is 8.10. The van der Waals surface area contributed by atoms with Gasteiger partial charge in [-0.1, -0.05) is 11.6 Å². The van der Waals surface area contributed by atoms with Gasteiger partial charge in [0, 0.05) is 17.8 Å². The standard InChI is InChI=1S/C21H17ClF3N5O3/c1-11-5-13(10-28(33)8-11)19(31)27-17-7-26-30-12(2)9-29(20(32)18(17)30)14-3-4-15(16(22)6-14)21(23,24)25/h3-8,10,12H,9H2,1-2H3,(H,27,31)/t12-/m0/s1. The highest BCUT2D eigenvalue weighted by Gasteiger charge is 2.36. The van der Waals surface area contributed by atoms with Crippen molar-refractivity contribution < 1.29 is 27.5 Å². The van der Waals surface area contributed by atoms with Crippen molar-refractivity contribution in [1.29, 1.82) is 0 Å². The quantitative estimate of drug-likeness (QED) is 0.454. The molecular formula is C21H17ClF3N5O3. The van der Waals surface area contributed by atoms with E-state index in [9.17, 15) is 28.0 Å². The number of halogens is 4.